The Kier molecular flexibility index (Phi) is 6.05. The van der Waals surface area contributed by atoms with Crippen LogP contribution in [0.1, 0.15) is 27.3 Å². The van der Waals surface area contributed by atoms with Crippen molar-refractivity contribution < 1.29 is 14.7 Å². The van der Waals surface area contributed by atoms with E-state index in [1.807, 2.05) is 19.9 Å². The van der Waals surface area contributed by atoms with Gasteiger partial charge in [0.2, 0.25) is 0 Å². The number of aryl methyl sites for hydroxylation is 1. The van der Waals surface area contributed by atoms with Gasteiger partial charge in [0.25, 0.3) is 5.91 Å². The number of rotatable bonds is 5. The molecule has 7 heteroatoms. The molecule has 150 valence electrons. The molecule has 0 saturated heterocycles. The van der Waals surface area contributed by atoms with Gasteiger partial charge in [-0.15, -0.1) is 0 Å². The Hall–Kier alpha value is -3.82. The van der Waals surface area contributed by atoms with Crippen LogP contribution < -0.4 is 5.32 Å². The van der Waals surface area contributed by atoms with Crippen molar-refractivity contribution in [2.75, 3.05) is 5.32 Å². The number of aromatic carboxylic acids is 1. The van der Waals surface area contributed by atoms with Crippen LogP contribution in [-0.2, 0) is 4.79 Å². The Morgan fingerprint density at radius 2 is 1.80 bits per heavy atom. The van der Waals surface area contributed by atoms with Crippen LogP contribution in [0.5, 0.6) is 0 Å². The van der Waals surface area contributed by atoms with Gasteiger partial charge in [0.15, 0.2) is 0 Å². The minimum atomic E-state index is -1.03. The predicted molar refractivity (Wildman–Crippen MR) is 116 cm³/mol. The van der Waals surface area contributed by atoms with Crippen molar-refractivity contribution in [2.45, 2.75) is 13.8 Å². The highest BCUT2D eigenvalue weighted by molar-refractivity contribution is 6.30. The summed E-state index contributed by atoms with van der Waals surface area (Å²) in [5, 5.41) is 22.2. The van der Waals surface area contributed by atoms with Crippen LogP contribution in [0.15, 0.2) is 60.2 Å². The number of para-hydroxylation sites is 1. The van der Waals surface area contributed by atoms with Crippen LogP contribution >= 0.6 is 11.6 Å². The van der Waals surface area contributed by atoms with Crippen molar-refractivity contribution in [2.24, 2.45) is 0 Å². The minimum Gasteiger partial charge on any atom is -0.478 e. The second-order valence-corrected chi connectivity index (χ2v) is 7.05. The summed E-state index contributed by atoms with van der Waals surface area (Å²) in [5.41, 5.74) is 3.27. The number of nitrogens with one attached hydrogen (secondary N) is 1. The molecule has 0 spiro atoms. The molecule has 0 aliphatic rings. The third-order valence-electron chi connectivity index (χ3n) is 4.61. The summed E-state index contributed by atoms with van der Waals surface area (Å²) < 4.78 is 1.79. The molecule has 2 N–H and O–H groups in total. The van der Waals surface area contributed by atoms with Gasteiger partial charge in [0.05, 0.1) is 11.3 Å². The highest BCUT2D eigenvalue weighted by Crippen LogP contribution is 2.25. The number of hydrogen-bond donors (Lipinski definition) is 2. The number of anilines is 1. The monoisotopic (exact) mass is 419 g/mol. The van der Waals surface area contributed by atoms with Crippen LogP contribution in [-0.4, -0.2) is 21.6 Å². The van der Waals surface area contributed by atoms with Gasteiger partial charge < -0.3 is 15.0 Å². The van der Waals surface area contributed by atoms with Crippen molar-refractivity contribution in [1.29, 1.82) is 5.26 Å². The average Bonchev–Trinajstić information content (AvgIpc) is 3.00. The lowest BCUT2D eigenvalue weighted by Gasteiger charge is -2.12. The molecule has 0 unspecified atom stereocenters. The summed E-state index contributed by atoms with van der Waals surface area (Å²) in [5.74, 6) is -1.58. The maximum atomic E-state index is 12.5. The van der Waals surface area contributed by atoms with E-state index in [1.165, 1.54) is 12.1 Å². The number of carboxylic acid groups (broad SMARTS) is 1. The number of nitriles is 1. The molecule has 0 fully saturated rings. The van der Waals surface area contributed by atoms with Gasteiger partial charge in [0, 0.05) is 22.1 Å². The van der Waals surface area contributed by atoms with Gasteiger partial charge in [-0.3, -0.25) is 4.79 Å². The van der Waals surface area contributed by atoms with Crippen molar-refractivity contribution in [3.05, 3.63) is 87.7 Å². The first-order valence-corrected chi connectivity index (χ1v) is 9.40. The molecule has 0 radical (unpaired) electrons. The molecule has 6 nitrogen and oxygen atoms in total. The molecule has 0 atom stereocenters. The molecule has 3 rings (SSSR count). The van der Waals surface area contributed by atoms with Gasteiger partial charge in [-0.05, 0) is 68.0 Å². The fourth-order valence-corrected chi connectivity index (χ4v) is 3.32. The summed E-state index contributed by atoms with van der Waals surface area (Å²) >= 11 is 5.85. The topological polar surface area (TPSA) is 95.1 Å². The smallest absolute Gasteiger partial charge is 0.337 e. The molecule has 2 aromatic carbocycles. The molecule has 30 heavy (non-hydrogen) atoms. The summed E-state index contributed by atoms with van der Waals surface area (Å²) in [6.07, 6.45) is 1.49. The predicted octanol–water partition coefficient (Wildman–Crippen LogP) is 4.99. The van der Waals surface area contributed by atoms with Crippen molar-refractivity contribution in [3.8, 4) is 11.8 Å². The van der Waals surface area contributed by atoms with E-state index in [-0.39, 0.29) is 11.1 Å². The van der Waals surface area contributed by atoms with Crippen LogP contribution in [0.4, 0.5) is 5.69 Å². The third kappa shape index (κ3) is 4.27. The van der Waals surface area contributed by atoms with Crippen LogP contribution in [0.3, 0.4) is 0 Å². The lowest BCUT2D eigenvalue weighted by Crippen LogP contribution is -2.13. The molecule has 1 aromatic heterocycles. The van der Waals surface area contributed by atoms with Gasteiger partial charge in [-0.2, -0.15) is 5.26 Å². The Labute approximate surface area is 178 Å². The van der Waals surface area contributed by atoms with Crippen molar-refractivity contribution in [3.63, 3.8) is 0 Å². The lowest BCUT2D eigenvalue weighted by molar-refractivity contribution is -0.112. The molecule has 0 bridgehead atoms. The largest absolute Gasteiger partial charge is 0.478 e. The zero-order chi connectivity index (χ0) is 21.8. The zero-order valence-corrected chi connectivity index (χ0v) is 17.1. The minimum absolute atomic E-state index is 0.0725. The highest BCUT2D eigenvalue weighted by Gasteiger charge is 2.17. The van der Waals surface area contributed by atoms with Gasteiger partial charge in [-0.1, -0.05) is 23.7 Å². The Bertz CT molecular complexity index is 1200. The lowest BCUT2D eigenvalue weighted by atomic mass is 10.1. The third-order valence-corrected chi connectivity index (χ3v) is 4.86. The number of amides is 1. The second-order valence-electron chi connectivity index (χ2n) is 6.62. The van der Waals surface area contributed by atoms with E-state index in [4.69, 9.17) is 11.6 Å². The Balaban J connectivity index is 1.98. The first-order valence-electron chi connectivity index (χ1n) is 9.02. The van der Waals surface area contributed by atoms with Gasteiger partial charge in [-0.25, -0.2) is 4.79 Å². The molecule has 0 aliphatic heterocycles. The summed E-state index contributed by atoms with van der Waals surface area (Å²) in [4.78, 5) is 24.1. The summed E-state index contributed by atoms with van der Waals surface area (Å²) in [7, 11) is 0. The number of nitrogens with zero attached hydrogens (tertiary/aromatic N) is 2. The maximum Gasteiger partial charge on any atom is 0.337 e. The molecule has 1 heterocycles. The number of carboxylic acids is 1. The van der Waals surface area contributed by atoms with E-state index in [9.17, 15) is 20.0 Å². The quantitative estimate of drug-likeness (QED) is 0.449. The van der Waals surface area contributed by atoms with E-state index >= 15 is 0 Å². The van der Waals surface area contributed by atoms with E-state index in [0.29, 0.717) is 27.7 Å². The number of benzene rings is 2. The first-order chi connectivity index (χ1) is 14.3. The molecular weight excluding hydrogens is 402 g/mol. The van der Waals surface area contributed by atoms with Crippen molar-refractivity contribution >= 4 is 35.2 Å². The standard InChI is InChI=1S/C23H18ClN3O3/c1-14-11-16(15(2)27(14)21-6-4-3-5-20(21)23(29)30)12-17(13-25)22(28)26-19-9-7-18(24)8-10-19/h3-12H,1-2H3,(H,26,28)(H,29,30)/b17-12+. The molecule has 3 aromatic rings. The Morgan fingerprint density at radius 3 is 2.43 bits per heavy atom. The number of carbonyl (C=O) groups excluding carboxylic acids is 1. The SMILES string of the molecule is Cc1cc(/C=C(\C#N)C(=O)Nc2ccc(Cl)cc2)c(C)n1-c1ccccc1C(=O)O. The van der Waals surface area contributed by atoms with E-state index < -0.39 is 11.9 Å². The Morgan fingerprint density at radius 1 is 1.13 bits per heavy atom. The van der Waals surface area contributed by atoms with E-state index in [2.05, 4.69) is 5.32 Å². The highest BCUT2D eigenvalue weighted by atomic mass is 35.5. The number of hydrogen-bond acceptors (Lipinski definition) is 3. The number of carbonyl (C=O) groups is 2. The summed E-state index contributed by atoms with van der Waals surface area (Å²) in [6.45, 7) is 3.65. The zero-order valence-electron chi connectivity index (χ0n) is 16.3. The normalized spacial score (nSPS) is 11.1. The summed E-state index contributed by atoms with van der Waals surface area (Å²) in [6, 6.07) is 17.0. The first kappa shape index (κ1) is 20.9. The number of halogens is 1. The van der Waals surface area contributed by atoms with E-state index in [1.54, 1.807) is 53.1 Å². The fourth-order valence-electron chi connectivity index (χ4n) is 3.19. The fraction of sp³-hybridized carbons (Fsp3) is 0.0870. The van der Waals surface area contributed by atoms with Crippen LogP contribution in [0, 0.1) is 25.2 Å². The average molecular weight is 420 g/mol. The molecule has 0 aliphatic carbocycles. The van der Waals surface area contributed by atoms with E-state index in [0.717, 1.165) is 5.69 Å². The van der Waals surface area contributed by atoms with Gasteiger partial charge in [0.1, 0.15) is 11.6 Å². The van der Waals surface area contributed by atoms with Crippen LogP contribution in [0.2, 0.25) is 5.02 Å². The van der Waals surface area contributed by atoms with Crippen LogP contribution in [0.25, 0.3) is 11.8 Å². The van der Waals surface area contributed by atoms with Crippen molar-refractivity contribution in [1.82, 2.24) is 4.57 Å². The molecular formula is C23H18ClN3O3. The maximum absolute atomic E-state index is 12.5. The van der Waals surface area contributed by atoms with Gasteiger partial charge >= 0.3 is 5.97 Å². The second kappa shape index (κ2) is 8.68. The molecule has 1 amide bonds. The molecule has 0 saturated carbocycles. The number of aromatic nitrogens is 1.